The minimum absolute atomic E-state index is 0.274. The monoisotopic (exact) mass is 188 g/mol. The minimum atomic E-state index is 0.274. The van der Waals surface area contributed by atoms with E-state index in [-0.39, 0.29) is 6.67 Å². The zero-order valence-corrected chi connectivity index (χ0v) is 7.05. The summed E-state index contributed by atoms with van der Waals surface area (Å²) >= 11 is 5.59. The number of quaternary nitrogens is 1. The van der Waals surface area contributed by atoms with Gasteiger partial charge in [-0.25, -0.2) is 4.90 Å². The van der Waals surface area contributed by atoms with Gasteiger partial charge >= 0.3 is 0 Å². The molecule has 1 unspecified atom stereocenters. The Morgan fingerprint density at radius 1 is 1.75 bits per heavy atom. The van der Waals surface area contributed by atoms with Crippen LogP contribution in [0.5, 0.6) is 0 Å². The summed E-state index contributed by atoms with van der Waals surface area (Å²) in [7, 11) is 0. The molecule has 5 heteroatoms. The Morgan fingerprint density at radius 2 is 2.58 bits per heavy atom. The standard InChI is InChI=1S/C7H7ClFN3/c8-3-6-4-11-5-12(9)2-1-7(11)10-6/h1-2,4H,3,5H2/p+1. The largest absolute Gasteiger partial charge is 0.239 e. The molecule has 1 N–H and O–H groups in total. The first-order valence-electron chi connectivity index (χ1n) is 3.61. The highest BCUT2D eigenvalue weighted by Gasteiger charge is 2.26. The van der Waals surface area contributed by atoms with Gasteiger partial charge < -0.3 is 0 Å². The molecule has 0 fully saturated rings. The maximum atomic E-state index is 12.7. The lowest BCUT2D eigenvalue weighted by molar-refractivity contribution is -0.763. The zero-order valence-electron chi connectivity index (χ0n) is 6.30. The molecule has 0 aromatic heterocycles. The first kappa shape index (κ1) is 7.76. The molecule has 0 amide bonds. The van der Waals surface area contributed by atoms with Crippen LogP contribution in [0, 0.1) is 0 Å². The Kier molecular flexibility index (Phi) is 1.86. The van der Waals surface area contributed by atoms with Gasteiger partial charge in [0.1, 0.15) is 11.9 Å². The molecular weight excluding hydrogens is 181 g/mol. The van der Waals surface area contributed by atoms with Gasteiger partial charge in [0.15, 0.2) is 6.67 Å². The highest BCUT2D eigenvalue weighted by molar-refractivity contribution is 6.19. The molecule has 2 aliphatic heterocycles. The summed E-state index contributed by atoms with van der Waals surface area (Å²) in [6, 6.07) is 0. The number of alkyl halides is 1. The van der Waals surface area contributed by atoms with Crippen LogP contribution in [0.25, 0.3) is 0 Å². The summed E-state index contributed by atoms with van der Waals surface area (Å²) < 4.78 is 12.7. The summed E-state index contributed by atoms with van der Waals surface area (Å²) in [6.45, 7) is 0.274. The number of allylic oxidation sites excluding steroid dienone is 1. The summed E-state index contributed by atoms with van der Waals surface area (Å²) in [5.74, 6) is 1.21. The van der Waals surface area contributed by atoms with Gasteiger partial charge in [0.05, 0.1) is 5.88 Å². The number of halogens is 2. The number of nitrogens with zero attached hydrogens (tertiary/aromatic N) is 2. The second-order valence-electron chi connectivity index (χ2n) is 2.67. The molecule has 0 radical (unpaired) electrons. The molecule has 0 saturated carbocycles. The van der Waals surface area contributed by atoms with Crippen LogP contribution < -0.4 is 4.90 Å². The van der Waals surface area contributed by atoms with Gasteiger partial charge in [-0.1, -0.05) is 4.48 Å². The van der Waals surface area contributed by atoms with Crippen LogP contribution in [0.3, 0.4) is 0 Å². The van der Waals surface area contributed by atoms with E-state index in [1.54, 1.807) is 6.08 Å². The van der Waals surface area contributed by atoms with E-state index < -0.39 is 0 Å². The van der Waals surface area contributed by atoms with Gasteiger partial charge in [-0.15, -0.1) is 11.6 Å². The molecule has 64 valence electrons. The number of rotatable bonds is 1. The number of aliphatic imine (C=N–C) groups is 1. The number of fused-ring (bicyclic) bond motifs is 1. The second-order valence-corrected chi connectivity index (χ2v) is 2.93. The predicted octanol–water partition coefficient (Wildman–Crippen LogP) is 0.0349. The van der Waals surface area contributed by atoms with E-state index in [0.717, 1.165) is 16.4 Å². The van der Waals surface area contributed by atoms with Crippen molar-refractivity contribution in [1.29, 1.82) is 0 Å². The summed E-state index contributed by atoms with van der Waals surface area (Å²) in [4.78, 5) is 5.09. The highest BCUT2D eigenvalue weighted by atomic mass is 35.5. The summed E-state index contributed by atoms with van der Waals surface area (Å²) in [6.07, 6.45) is 4.85. The fraction of sp³-hybridized carbons (Fsp3) is 0.286. The Balaban J connectivity index is 2.22. The zero-order chi connectivity index (χ0) is 8.55. The van der Waals surface area contributed by atoms with Crippen molar-refractivity contribution in [2.45, 2.75) is 0 Å². The van der Waals surface area contributed by atoms with Crippen molar-refractivity contribution in [2.75, 3.05) is 12.5 Å². The molecule has 0 aromatic carbocycles. The maximum absolute atomic E-state index is 12.7. The third-order valence-electron chi connectivity index (χ3n) is 1.79. The minimum Gasteiger partial charge on any atom is -0.239 e. The van der Waals surface area contributed by atoms with Crippen molar-refractivity contribution >= 4 is 17.4 Å². The van der Waals surface area contributed by atoms with E-state index in [4.69, 9.17) is 11.6 Å². The molecule has 0 aromatic rings. The SMILES string of the molecule is FN1C=CC2=NC(CCl)=C[NH+]2C1. The lowest BCUT2D eigenvalue weighted by Crippen LogP contribution is -3.11. The Hall–Kier alpha value is -0.870. The quantitative estimate of drug-likeness (QED) is 0.455. The first-order chi connectivity index (χ1) is 5.79. The molecule has 0 spiro atoms. The predicted molar refractivity (Wildman–Crippen MR) is 44.2 cm³/mol. The lowest BCUT2D eigenvalue weighted by atomic mass is 10.4. The topological polar surface area (TPSA) is 20.0 Å². The number of hydrogen-bond acceptors (Lipinski definition) is 2. The van der Waals surface area contributed by atoms with Crippen LogP contribution in [0.2, 0.25) is 0 Å². The van der Waals surface area contributed by atoms with E-state index in [1.165, 1.54) is 6.20 Å². The Morgan fingerprint density at radius 3 is 3.33 bits per heavy atom. The van der Waals surface area contributed by atoms with Gasteiger partial charge in [0, 0.05) is 12.3 Å². The smallest absolute Gasteiger partial charge is 0.234 e. The van der Waals surface area contributed by atoms with Gasteiger partial charge in [0.2, 0.25) is 5.84 Å². The average Bonchev–Trinajstić information content (AvgIpc) is 2.46. The van der Waals surface area contributed by atoms with E-state index in [2.05, 4.69) is 4.99 Å². The van der Waals surface area contributed by atoms with E-state index in [1.807, 2.05) is 6.20 Å². The van der Waals surface area contributed by atoms with Crippen molar-refractivity contribution in [2.24, 2.45) is 4.99 Å². The lowest BCUT2D eigenvalue weighted by Gasteiger charge is -2.17. The molecule has 0 aliphatic carbocycles. The molecule has 3 nitrogen and oxygen atoms in total. The average molecular weight is 189 g/mol. The van der Waals surface area contributed by atoms with E-state index in [0.29, 0.717) is 11.0 Å². The van der Waals surface area contributed by atoms with Gasteiger partial charge in [0.25, 0.3) is 0 Å². The van der Waals surface area contributed by atoms with Crippen LogP contribution in [0.4, 0.5) is 4.48 Å². The molecule has 12 heavy (non-hydrogen) atoms. The third-order valence-corrected chi connectivity index (χ3v) is 2.06. The van der Waals surface area contributed by atoms with E-state index >= 15 is 0 Å². The van der Waals surface area contributed by atoms with Crippen molar-refractivity contribution in [3.8, 4) is 0 Å². The van der Waals surface area contributed by atoms with Gasteiger partial charge in [-0.3, -0.25) is 0 Å². The molecule has 2 heterocycles. The van der Waals surface area contributed by atoms with Crippen LogP contribution in [0.1, 0.15) is 0 Å². The number of nitrogens with one attached hydrogen (secondary N) is 1. The number of amidine groups is 1. The van der Waals surface area contributed by atoms with Crippen molar-refractivity contribution in [3.05, 3.63) is 24.2 Å². The molecule has 2 rings (SSSR count). The maximum Gasteiger partial charge on any atom is 0.234 e. The van der Waals surface area contributed by atoms with Crippen LogP contribution in [-0.2, 0) is 0 Å². The molecule has 2 aliphatic rings. The van der Waals surface area contributed by atoms with Crippen molar-refractivity contribution in [1.82, 2.24) is 5.12 Å². The highest BCUT2D eigenvalue weighted by Crippen LogP contribution is 2.04. The van der Waals surface area contributed by atoms with Gasteiger partial charge in [-0.05, 0) is 0 Å². The second kappa shape index (κ2) is 2.88. The van der Waals surface area contributed by atoms with E-state index in [9.17, 15) is 4.48 Å². The fourth-order valence-corrected chi connectivity index (χ4v) is 1.38. The van der Waals surface area contributed by atoms with Crippen molar-refractivity contribution in [3.63, 3.8) is 0 Å². The molecular formula is C7H8ClFN3+. The normalized spacial score (nSPS) is 26.8. The molecule has 0 saturated heterocycles. The Bertz CT molecular complexity index is 284. The molecule has 0 bridgehead atoms. The summed E-state index contributed by atoms with van der Waals surface area (Å²) in [5, 5.41) is 0.627. The Labute approximate surface area is 74.4 Å². The fourth-order valence-electron chi connectivity index (χ4n) is 1.24. The molecule has 1 atom stereocenters. The van der Waals surface area contributed by atoms with Crippen LogP contribution in [0.15, 0.2) is 29.2 Å². The van der Waals surface area contributed by atoms with Crippen LogP contribution >= 0.6 is 11.6 Å². The first-order valence-corrected chi connectivity index (χ1v) is 4.15. The summed E-state index contributed by atoms with van der Waals surface area (Å²) in [5.41, 5.74) is 0.807. The van der Waals surface area contributed by atoms with Crippen LogP contribution in [-0.4, -0.2) is 23.5 Å². The number of hydrogen-bond donors (Lipinski definition) is 1. The van der Waals surface area contributed by atoms with Gasteiger partial charge in [-0.2, -0.15) is 10.1 Å². The third kappa shape index (κ3) is 1.23. The van der Waals surface area contributed by atoms with Crippen molar-refractivity contribution < 1.29 is 9.38 Å².